The molecule has 1 aliphatic carbocycles. The van der Waals surface area contributed by atoms with E-state index in [1.165, 1.54) is 36.8 Å². The molecule has 4 rings (SSSR count). The average molecular weight is 396 g/mol. The first-order valence-electron chi connectivity index (χ1n) is 10.3. The first-order valence-corrected chi connectivity index (χ1v) is 10.3. The molecular weight excluding hydrogens is 368 g/mol. The predicted molar refractivity (Wildman–Crippen MR) is 111 cm³/mol. The summed E-state index contributed by atoms with van der Waals surface area (Å²) in [5.74, 6) is 0.204. The maximum atomic E-state index is 11.6. The minimum atomic E-state index is -0.311. The SMILES string of the molecule is CCOC(=O)Cn1cc(Nc2ncc3ccn(CC4(C)CCCCC4)c3n2)cn1. The van der Waals surface area contributed by atoms with Gasteiger partial charge in [-0.25, -0.2) is 4.98 Å². The average Bonchev–Trinajstić information content (AvgIpc) is 3.29. The maximum absolute atomic E-state index is 11.6. The zero-order valence-electron chi connectivity index (χ0n) is 17.1. The third-order valence-corrected chi connectivity index (χ3v) is 5.60. The van der Waals surface area contributed by atoms with Crippen molar-refractivity contribution in [3.63, 3.8) is 0 Å². The molecular formula is C21H28N6O2. The van der Waals surface area contributed by atoms with Crippen LogP contribution < -0.4 is 5.32 Å². The Hall–Kier alpha value is -2.90. The second-order valence-corrected chi connectivity index (χ2v) is 8.14. The third-order valence-electron chi connectivity index (χ3n) is 5.60. The van der Waals surface area contributed by atoms with E-state index in [4.69, 9.17) is 9.72 Å². The van der Waals surface area contributed by atoms with Gasteiger partial charge in [-0.05, 0) is 31.2 Å². The Balaban J connectivity index is 1.49. The van der Waals surface area contributed by atoms with E-state index in [2.05, 4.69) is 39.2 Å². The molecule has 3 aromatic rings. The third kappa shape index (κ3) is 4.58. The Morgan fingerprint density at radius 3 is 2.90 bits per heavy atom. The van der Waals surface area contributed by atoms with Crippen molar-refractivity contribution in [3.8, 4) is 0 Å². The highest BCUT2D eigenvalue weighted by Crippen LogP contribution is 2.37. The molecule has 0 saturated heterocycles. The van der Waals surface area contributed by atoms with Gasteiger partial charge in [0.1, 0.15) is 12.2 Å². The van der Waals surface area contributed by atoms with Crippen LogP contribution in [0.4, 0.5) is 11.6 Å². The summed E-state index contributed by atoms with van der Waals surface area (Å²) in [4.78, 5) is 20.7. The van der Waals surface area contributed by atoms with E-state index >= 15 is 0 Å². The lowest BCUT2D eigenvalue weighted by Crippen LogP contribution is -2.26. The second kappa shape index (κ2) is 8.23. The number of rotatable bonds is 7. The van der Waals surface area contributed by atoms with Crippen LogP contribution in [0.1, 0.15) is 46.0 Å². The Morgan fingerprint density at radius 2 is 2.10 bits per heavy atom. The Labute approximate surface area is 170 Å². The van der Waals surface area contributed by atoms with E-state index < -0.39 is 0 Å². The fourth-order valence-corrected chi connectivity index (χ4v) is 4.12. The summed E-state index contributed by atoms with van der Waals surface area (Å²) < 4.78 is 8.73. The number of hydrogen-bond donors (Lipinski definition) is 1. The molecule has 29 heavy (non-hydrogen) atoms. The molecule has 1 fully saturated rings. The molecule has 0 atom stereocenters. The topological polar surface area (TPSA) is 86.9 Å². The molecule has 0 aromatic carbocycles. The smallest absolute Gasteiger partial charge is 0.327 e. The fraction of sp³-hybridized carbons (Fsp3) is 0.524. The number of nitrogens with zero attached hydrogens (tertiary/aromatic N) is 5. The molecule has 0 amide bonds. The predicted octanol–water partition coefficient (Wildman–Crippen LogP) is 3.90. The van der Waals surface area contributed by atoms with Crippen LogP contribution in [0.3, 0.4) is 0 Å². The molecule has 3 heterocycles. The van der Waals surface area contributed by atoms with Gasteiger partial charge in [-0.2, -0.15) is 10.1 Å². The van der Waals surface area contributed by atoms with Crippen LogP contribution in [-0.2, 0) is 22.6 Å². The first kappa shape index (κ1) is 19.4. The Morgan fingerprint density at radius 1 is 1.28 bits per heavy atom. The van der Waals surface area contributed by atoms with Crippen LogP contribution >= 0.6 is 0 Å². The zero-order valence-corrected chi connectivity index (χ0v) is 17.1. The van der Waals surface area contributed by atoms with Crippen LogP contribution in [0.2, 0.25) is 0 Å². The van der Waals surface area contributed by atoms with Gasteiger partial charge in [-0.15, -0.1) is 0 Å². The van der Waals surface area contributed by atoms with Crippen LogP contribution in [0.15, 0.2) is 30.9 Å². The number of esters is 1. The summed E-state index contributed by atoms with van der Waals surface area (Å²) in [6, 6.07) is 2.07. The molecule has 1 N–H and O–H groups in total. The molecule has 0 unspecified atom stereocenters. The number of fused-ring (bicyclic) bond motifs is 1. The van der Waals surface area contributed by atoms with Gasteiger partial charge in [0.2, 0.25) is 5.95 Å². The van der Waals surface area contributed by atoms with Gasteiger partial charge in [-0.1, -0.05) is 26.2 Å². The molecule has 8 nitrogen and oxygen atoms in total. The van der Waals surface area contributed by atoms with Crippen molar-refractivity contribution in [1.82, 2.24) is 24.3 Å². The number of hydrogen-bond acceptors (Lipinski definition) is 6. The quantitative estimate of drug-likeness (QED) is 0.610. The number of ether oxygens (including phenoxy) is 1. The largest absolute Gasteiger partial charge is 0.465 e. The summed E-state index contributed by atoms with van der Waals surface area (Å²) in [5.41, 5.74) is 2.00. The highest BCUT2D eigenvalue weighted by Gasteiger charge is 2.27. The Bertz CT molecular complexity index is 986. The van der Waals surface area contributed by atoms with Crippen molar-refractivity contribution in [1.29, 1.82) is 0 Å². The second-order valence-electron chi connectivity index (χ2n) is 8.14. The molecule has 0 bridgehead atoms. The van der Waals surface area contributed by atoms with Gasteiger partial charge in [0, 0.05) is 30.5 Å². The molecule has 154 valence electrons. The van der Waals surface area contributed by atoms with Gasteiger partial charge >= 0.3 is 5.97 Å². The number of carbonyl (C=O) groups excluding carboxylic acids is 1. The molecule has 1 aliphatic rings. The van der Waals surface area contributed by atoms with E-state index in [1.807, 2.05) is 6.20 Å². The summed E-state index contributed by atoms with van der Waals surface area (Å²) in [7, 11) is 0. The van der Waals surface area contributed by atoms with Crippen molar-refractivity contribution >= 4 is 28.6 Å². The van der Waals surface area contributed by atoms with Crippen LogP contribution in [0, 0.1) is 5.41 Å². The number of nitrogens with one attached hydrogen (secondary N) is 1. The highest BCUT2D eigenvalue weighted by atomic mass is 16.5. The van der Waals surface area contributed by atoms with Gasteiger partial charge < -0.3 is 14.6 Å². The lowest BCUT2D eigenvalue weighted by Gasteiger charge is -2.34. The van der Waals surface area contributed by atoms with Crippen LogP contribution in [-0.4, -0.2) is 36.9 Å². The molecule has 1 saturated carbocycles. The maximum Gasteiger partial charge on any atom is 0.327 e. The monoisotopic (exact) mass is 396 g/mol. The van der Waals surface area contributed by atoms with Gasteiger partial charge in [-0.3, -0.25) is 9.48 Å². The zero-order chi connectivity index (χ0) is 20.3. The van der Waals surface area contributed by atoms with Crippen LogP contribution in [0.25, 0.3) is 11.0 Å². The number of anilines is 2. The first-order chi connectivity index (χ1) is 14.0. The van der Waals surface area contributed by atoms with E-state index in [0.29, 0.717) is 18.0 Å². The van der Waals surface area contributed by atoms with Crippen molar-refractivity contribution in [3.05, 3.63) is 30.9 Å². The van der Waals surface area contributed by atoms with Crippen molar-refractivity contribution < 1.29 is 9.53 Å². The lowest BCUT2D eigenvalue weighted by molar-refractivity contribution is -0.144. The number of carbonyl (C=O) groups is 1. The van der Waals surface area contributed by atoms with Crippen molar-refractivity contribution in [2.24, 2.45) is 5.41 Å². The van der Waals surface area contributed by atoms with E-state index in [1.54, 1.807) is 19.3 Å². The fourth-order valence-electron chi connectivity index (χ4n) is 4.12. The molecule has 0 radical (unpaired) electrons. The molecule has 0 aliphatic heterocycles. The summed E-state index contributed by atoms with van der Waals surface area (Å²) in [6.07, 6.45) is 13.9. The molecule has 8 heteroatoms. The van der Waals surface area contributed by atoms with E-state index in [0.717, 1.165) is 23.3 Å². The standard InChI is InChI=1S/C21H28N6O2/c1-3-29-18(28)14-27-13-17(12-23-27)24-20-22-11-16-7-10-26(19(16)25-20)15-21(2)8-5-4-6-9-21/h7,10-13H,3-6,8-9,14-15H2,1-2H3,(H,22,24,25). The Kier molecular flexibility index (Phi) is 5.51. The van der Waals surface area contributed by atoms with Gasteiger partial charge in [0.05, 0.1) is 18.5 Å². The number of aromatic nitrogens is 5. The van der Waals surface area contributed by atoms with Crippen molar-refractivity contribution in [2.75, 3.05) is 11.9 Å². The van der Waals surface area contributed by atoms with Crippen molar-refractivity contribution in [2.45, 2.75) is 59.0 Å². The van der Waals surface area contributed by atoms with E-state index in [-0.39, 0.29) is 12.5 Å². The summed E-state index contributed by atoms with van der Waals surface area (Å²) in [6.45, 7) is 5.58. The highest BCUT2D eigenvalue weighted by molar-refractivity contribution is 5.76. The van der Waals surface area contributed by atoms with E-state index in [9.17, 15) is 4.79 Å². The minimum absolute atomic E-state index is 0.0802. The summed E-state index contributed by atoms with van der Waals surface area (Å²) in [5, 5.41) is 8.40. The molecule has 0 spiro atoms. The lowest BCUT2D eigenvalue weighted by atomic mass is 9.75. The normalized spacial score (nSPS) is 16.1. The minimum Gasteiger partial charge on any atom is -0.465 e. The summed E-state index contributed by atoms with van der Waals surface area (Å²) >= 11 is 0. The van der Waals surface area contributed by atoms with Gasteiger partial charge in [0.25, 0.3) is 0 Å². The molecule has 3 aromatic heterocycles. The van der Waals surface area contributed by atoms with Crippen LogP contribution in [0.5, 0.6) is 0 Å². The van der Waals surface area contributed by atoms with Gasteiger partial charge in [0.15, 0.2) is 0 Å².